The zero-order valence-corrected chi connectivity index (χ0v) is 15.2. The maximum absolute atomic E-state index is 12.3. The number of amides is 2. The Morgan fingerprint density at radius 2 is 1.93 bits per heavy atom. The van der Waals surface area contributed by atoms with E-state index >= 15 is 0 Å². The lowest BCUT2D eigenvalue weighted by Gasteiger charge is -2.20. The van der Waals surface area contributed by atoms with Gasteiger partial charge in [0.25, 0.3) is 0 Å². The zero-order chi connectivity index (χ0) is 19.2. The van der Waals surface area contributed by atoms with Gasteiger partial charge in [-0.3, -0.25) is 4.79 Å². The SMILES string of the molecule is NC(=O)N[C@@H](CC(=O)OCc1cc(Cl)c2c(c1)OCCO2)c1ccccc1. The molecule has 3 N–H and O–H groups in total. The van der Waals surface area contributed by atoms with Crippen LogP contribution < -0.4 is 20.5 Å². The number of hydrogen-bond donors (Lipinski definition) is 2. The molecule has 1 aliphatic rings. The molecule has 0 saturated carbocycles. The number of halogens is 1. The van der Waals surface area contributed by atoms with Crippen LogP contribution in [0.25, 0.3) is 0 Å². The maximum Gasteiger partial charge on any atom is 0.312 e. The van der Waals surface area contributed by atoms with Gasteiger partial charge in [0.15, 0.2) is 11.5 Å². The highest BCUT2D eigenvalue weighted by molar-refractivity contribution is 6.32. The molecule has 0 saturated heterocycles. The molecule has 2 aromatic carbocycles. The van der Waals surface area contributed by atoms with E-state index in [1.807, 2.05) is 18.2 Å². The fraction of sp³-hybridized carbons (Fsp3) is 0.263. The first-order chi connectivity index (χ1) is 13.0. The van der Waals surface area contributed by atoms with E-state index in [0.29, 0.717) is 35.3 Å². The predicted octanol–water partition coefficient (Wildman–Crippen LogP) is 2.95. The second-order valence-corrected chi connectivity index (χ2v) is 6.35. The van der Waals surface area contributed by atoms with Crippen molar-refractivity contribution in [3.05, 3.63) is 58.6 Å². The topological polar surface area (TPSA) is 99.9 Å². The predicted molar refractivity (Wildman–Crippen MR) is 98.8 cm³/mol. The Morgan fingerprint density at radius 1 is 1.19 bits per heavy atom. The lowest BCUT2D eigenvalue weighted by Crippen LogP contribution is -2.34. The molecule has 1 aliphatic heterocycles. The average Bonchev–Trinajstić information content (AvgIpc) is 2.66. The first-order valence-electron chi connectivity index (χ1n) is 8.37. The number of rotatable bonds is 6. The van der Waals surface area contributed by atoms with Gasteiger partial charge >= 0.3 is 12.0 Å². The summed E-state index contributed by atoms with van der Waals surface area (Å²) in [4.78, 5) is 23.5. The van der Waals surface area contributed by atoms with E-state index in [1.54, 1.807) is 24.3 Å². The Kier molecular flexibility index (Phi) is 6.03. The molecule has 142 valence electrons. The van der Waals surface area contributed by atoms with E-state index in [9.17, 15) is 9.59 Å². The minimum Gasteiger partial charge on any atom is -0.486 e. The number of carbonyl (C=O) groups is 2. The van der Waals surface area contributed by atoms with Crippen LogP contribution in [0.4, 0.5) is 4.79 Å². The molecule has 27 heavy (non-hydrogen) atoms. The Labute approximate surface area is 161 Å². The van der Waals surface area contributed by atoms with Gasteiger partial charge in [-0.05, 0) is 23.3 Å². The number of ether oxygens (including phenoxy) is 3. The first-order valence-corrected chi connectivity index (χ1v) is 8.75. The number of benzene rings is 2. The quantitative estimate of drug-likeness (QED) is 0.738. The molecule has 0 spiro atoms. The van der Waals surface area contributed by atoms with Crippen LogP contribution in [-0.2, 0) is 16.1 Å². The molecule has 0 aliphatic carbocycles. The Balaban J connectivity index is 1.63. The van der Waals surface area contributed by atoms with Gasteiger partial charge in [-0.25, -0.2) is 4.79 Å². The largest absolute Gasteiger partial charge is 0.486 e. The summed E-state index contributed by atoms with van der Waals surface area (Å²) in [5.41, 5.74) is 6.65. The summed E-state index contributed by atoms with van der Waals surface area (Å²) in [6, 6.07) is 11.2. The average molecular weight is 391 g/mol. The monoisotopic (exact) mass is 390 g/mol. The van der Waals surface area contributed by atoms with E-state index in [1.165, 1.54) is 0 Å². The normalized spacial score (nSPS) is 13.5. The molecule has 0 fully saturated rings. The lowest BCUT2D eigenvalue weighted by molar-refractivity contribution is -0.145. The van der Waals surface area contributed by atoms with Gasteiger partial charge in [0.1, 0.15) is 19.8 Å². The minimum atomic E-state index is -0.713. The summed E-state index contributed by atoms with van der Waals surface area (Å²) in [6.07, 6.45) is -0.0504. The highest BCUT2D eigenvalue weighted by Crippen LogP contribution is 2.38. The fourth-order valence-electron chi connectivity index (χ4n) is 2.75. The Morgan fingerprint density at radius 3 is 2.67 bits per heavy atom. The van der Waals surface area contributed by atoms with Crippen LogP contribution in [0.15, 0.2) is 42.5 Å². The van der Waals surface area contributed by atoms with Crippen molar-refractivity contribution in [3.8, 4) is 11.5 Å². The van der Waals surface area contributed by atoms with Gasteiger partial charge in [0.05, 0.1) is 17.5 Å². The lowest BCUT2D eigenvalue weighted by atomic mass is 10.0. The number of esters is 1. The second kappa shape index (κ2) is 8.64. The van der Waals surface area contributed by atoms with E-state index in [0.717, 1.165) is 5.56 Å². The number of hydrogen-bond acceptors (Lipinski definition) is 5. The van der Waals surface area contributed by atoms with Crippen molar-refractivity contribution in [1.82, 2.24) is 5.32 Å². The van der Waals surface area contributed by atoms with Crippen molar-refractivity contribution in [2.45, 2.75) is 19.1 Å². The van der Waals surface area contributed by atoms with Gasteiger partial charge in [-0.1, -0.05) is 41.9 Å². The van der Waals surface area contributed by atoms with Gasteiger partial charge < -0.3 is 25.3 Å². The number of carbonyl (C=O) groups excluding carboxylic acids is 2. The molecule has 0 unspecified atom stereocenters. The van der Waals surface area contributed by atoms with Crippen LogP contribution in [-0.4, -0.2) is 25.2 Å². The van der Waals surface area contributed by atoms with Crippen molar-refractivity contribution in [1.29, 1.82) is 0 Å². The molecule has 8 heteroatoms. The van der Waals surface area contributed by atoms with Crippen molar-refractivity contribution >= 4 is 23.6 Å². The molecule has 2 amide bonds. The number of nitrogens with two attached hydrogens (primary N) is 1. The van der Waals surface area contributed by atoms with Gasteiger partial charge in [0, 0.05) is 0 Å². The van der Waals surface area contributed by atoms with Gasteiger partial charge in [0.2, 0.25) is 0 Å². The molecule has 2 aromatic rings. The molecular weight excluding hydrogens is 372 g/mol. The van der Waals surface area contributed by atoms with Gasteiger partial charge in [-0.2, -0.15) is 0 Å². The van der Waals surface area contributed by atoms with Crippen molar-refractivity contribution in [2.75, 3.05) is 13.2 Å². The third kappa shape index (κ3) is 5.04. The fourth-order valence-corrected chi connectivity index (χ4v) is 3.03. The summed E-state index contributed by atoms with van der Waals surface area (Å²) in [7, 11) is 0. The molecule has 7 nitrogen and oxygen atoms in total. The first kappa shape index (κ1) is 18.8. The minimum absolute atomic E-state index is 0.0211. The maximum atomic E-state index is 12.3. The summed E-state index contributed by atoms with van der Waals surface area (Å²) in [5.74, 6) is 0.536. The molecule has 0 aromatic heterocycles. The summed E-state index contributed by atoms with van der Waals surface area (Å²) >= 11 is 6.18. The van der Waals surface area contributed by atoms with Crippen molar-refractivity contribution in [3.63, 3.8) is 0 Å². The highest BCUT2D eigenvalue weighted by atomic mass is 35.5. The third-order valence-corrected chi connectivity index (χ3v) is 4.23. The zero-order valence-electron chi connectivity index (χ0n) is 14.4. The van der Waals surface area contributed by atoms with Crippen molar-refractivity contribution < 1.29 is 23.8 Å². The van der Waals surface area contributed by atoms with Crippen LogP contribution in [0.3, 0.4) is 0 Å². The third-order valence-electron chi connectivity index (χ3n) is 3.95. The standard InChI is InChI=1S/C19H19ClN2O5/c20-14-8-12(9-16-18(14)26-7-6-25-16)11-27-17(23)10-15(22-19(21)24)13-4-2-1-3-5-13/h1-5,8-9,15H,6-7,10-11H2,(H3,21,22,24)/t15-/m0/s1. The molecule has 1 heterocycles. The molecule has 3 rings (SSSR count). The van der Waals surface area contributed by atoms with E-state index in [2.05, 4.69) is 5.32 Å². The molecule has 0 bridgehead atoms. The number of urea groups is 1. The second-order valence-electron chi connectivity index (χ2n) is 5.94. The van der Waals surface area contributed by atoms with E-state index in [4.69, 9.17) is 31.5 Å². The van der Waals surface area contributed by atoms with Crippen molar-refractivity contribution in [2.24, 2.45) is 5.73 Å². The van der Waals surface area contributed by atoms with E-state index in [-0.39, 0.29) is 13.0 Å². The highest BCUT2D eigenvalue weighted by Gasteiger charge is 2.20. The summed E-state index contributed by atoms with van der Waals surface area (Å²) < 4.78 is 16.3. The van der Waals surface area contributed by atoms with Crippen LogP contribution in [0, 0.1) is 0 Å². The number of fused-ring (bicyclic) bond motifs is 1. The van der Waals surface area contributed by atoms with Crippen LogP contribution in [0.5, 0.6) is 11.5 Å². The van der Waals surface area contributed by atoms with Crippen LogP contribution >= 0.6 is 11.6 Å². The van der Waals surface area contributed by atoms with E-state index < -0.39 is 18.0 Å². The Hall–Kier alpha value is -2.93. The number of primary amides is 1. The molecule has 0 radical (unpaired) electrons. The van der Waals surface area contributed by atoms with Crippen LogP contribution in [0.1, 0.15) is 23.6 Å². The summed E-state index contributed by atoms with van der Waals surface area (Å²) in [6.45, 7) is 0.895. The van der Waals surface area contributed by atoms with Crippen LogP contribution in [0.2, 0.25) is 5.02 Å². The Bertz CT molecular complexity index is 828. The smallest absolute Gasteiger partial charge is 0.312 e. The molecular formula is C19H19ClN2O5. The number of nitrogens with one attached hydrogen (secondary N) is 1. The van der Waals surface area contributed by atoms with Gasteiger partial charge in [-0.15, -0.1) is 0 Å². The summed E-state index contributed by atoms with van der Waals surface area (Å²) in [5, 5.41) is 2.95. The molecule has 1 atom stereocenters.